The first-order chi connectivity index (χ1) is 8.66. The molecule has 0 atom stereocenters. The van der Waals surface area contributed by atoms with Gasteiger partial charge in [0.1, 0.15) is 12.0 Å². The predicted molar refractivity (Wildman–Crippen MR) is 74.2 cm³/mol. The lowest BCUT2D eigenvalue weighted by Crippen LogP contribution is -2.25. The van der Waals surface area contributed by atoms with Crippen LogP contribution in [0.5, 0.6) is 0 Å². The Kier molecular flexibility index (Phi) is 4.19. The van der Waals surface area contributed by atoms with Gasteiger partial charge in [-0.3, -0.25) is 0 Å². The summed E-state index contributed by atoms with van der Waals surface area (Å²) in [6, 6.07) is 0.489. The normalized spacial score (nSPS) is 16.8. The molecule has 6 heteroatoms. The van der Waals surface area contributed by atoms with E-state index < -0.39 is 0 Å². The molecule has 0 spiro atoms. The van der Waals surface area contributed by atoms with Gasteiger partial charge >= 0.3 is 0 Å². The van der Waals surface area contributed by atoms with Crippen molar-refractivity contribution in [1.82, 2.24) is 15.0 Å². The molecule has 0 saturated heterocycles. The van der Waals surface area contributed by atoms with Gasteiger partial charge in [0.25, 0.3) is 0 Å². The van der Waals surface area contributed by atoms with E-state index >= 15 is 0 Å². The van der Waals surface area contributed by atoms with Crippen LogP contribution in [0.2, 0.25) is 0 Å². The highest BCUT2D eigenvalue weighted by molar-refractivity contribution is 5.73. The van der Waals surface area contributed by atoms with Gasteiger partial charge in [0.05, 0.1) is 0 Å². The molecule has 4 N–H and O–H groups in total. The Hall–Kier alpha value is -1.56. The number of nitrogens with two attached hydrogens (primary N) is 1. The summed E-state index contributed by atoms with van der Waals surface area (Å²) in [5.41, 5.74) is 9.72. The number of hydrazine groups is 1. The summed E-state index contributed by atoms with van der Waals surface area (Å²) in [6.45, 7) is 0. The fraction of sp³-hybridized carbons (Fsp3) is 0.667. The van der Waals surface area contributed by atoms with Gasteiger partial charge in [0, 0.05) is 20.1 Å². The molecule has 1 aliphatic carbocycles. The average Bonchev–Trinajstić information content (AvgIpc) is 2.35. The second kappa shape index (κ2) is 5.86. The van der Waals surface area contributed by atoms with Gasteiger partial charge in [-0.1, -0.05) is 19.3 Å². The summed E-state index contributed by atoms with van der Waals surface area (Å²) < 4.78 is 0. The van der Waals surface area contributed by atoms with E-state index in [1.807, 2.05) is 19.1 Å². The third-order valence-electron chi connectivity index (χ3n) is 3.16. The first-order valence-electron chi connectivity index (χ1n) is 6.48. The zero-order valence-electron chi connectivity index (χ0n) is 11.1. The Balaban J connectivity index is 2.07. The first kappa shape index (κ1) is 12.9. The number of nitrogens with one attached hydrogen (secondary N) is 2. The maximum absolute atomic E-state index is 6.07. The summed E-state index contributed by atoms with van der Waals surface area (Å²) in [4.78, 5) is 8.38. The minimum Gasteiger partial charge on any atom is -0.393 e. The van der Waals surface area contributed by atoms with Crippen LogP contribution >= 0.6 is 0 Å². The van der Waals surface area contributed by atoms with Crippen molar-refractivity contribution in [2.45, 2.75) is 38.1 Å². The Bertz CT molecular complexity index is 386. The van der Waals surface area contributed by atoms with E-state index in [1.165, 1.54) is 38.4 Å². The molecule has 0 radical (unpaired) electrons. The van der Waals surface area contributed by atoms with Crippen molar-refractivity contribution >= 4 is 17.3 Å². The minimum atomic E-state index is 0.489. The second-order valence-corrected chi connectivity index (χ2v) is 4.97. The van der Waals surface area contributed by atoms with Gasteiger partial charge in [-0.25, -0.2) is 15.0 Å². The molecule has 0 aliphatic heterocycles. The van der Waals surface area contributed by atoms with Crippen LogP contribution in [0.4, 0.5) is 17.3 Å². The van der Waals surface area contributed by atoms with E-state index in [9.17, 15) is 0 Å². The molecule has 1 aromatic heterocycles. The summed E-state index contributed by atoms with van der Waals surface area (Å²) in [6.07, 6.45) is 7.83. The van der Waals surface area contributed by atoms with Crippen molar-refractivity contribution in [2.75, 3.05) is 30.6 Å². The predicted octanol–water partition coefficient (Wildman–Crippen LogP) is 1.69. The van der Waals surface area contributed by atoms with Crippen molar-refractivity contribution < 1.29 is 0 Å². The number of rotatable bonds is 4. The summed E-state index contributed by atoms with van der Waals surface area (Å²) in [7, 11) is 3.80. The zero-order valence-corrected chi connectivity index (χ0v) is 11.1. The topological polar surface area (TPSA) is 79.1 Å². The molecule has 1 aromatic rings. The van der Waals surface area contributed by atoms with Crippen LogP contribution < -0.4 is 16.5 Å². The molecule has 0 amide bonds. The number of nitrogen functional groups attached to an aromatic ring is 1. The molecular formula is C12H22N6. The van der Waals surface area contributed by atoms with Gasteiger partial charge in [0.2, 0.25) is 0 Å². The fourth-order valence-corrected chi connectivity index (χ4v) is 2.25. The SMILES string of the molecule is CN(C)Nc1ncnc(NC2CCCCC2)c1N. The highest BCUT2D eigenvalue weighted by atomic mass is 15.5. The number of anilines is 3. The zero-order chi connectivity index (χ0) is 13.0. The van der Waals surface area contributed by atoms with Crippen LogP contribution in [0.1, 0.15) is 32.1 Å². The molecule has 0 unspecified atom stereocenters. The average molecular weight is 250 g/mol. The summed E-state index contributed by atoms with van der Waals surface area (Å²) in [5.74, 6) is 1.38. The number of hydrogen-bond donors (Lipinski definition) is 3. The standard InChI is InChI=1S/C12H22N6/c1-18(2)17-12-10(13)11(14-8-15-12)16-9-6-4-3-5-7-9/h8-9H,3-7,13H2,1-2H3,(H2,14,15,16,17). The molecule has 0 bridgehead atoms. The third-order valence-corrected chi connectivity index (χ3v) is 3.16. The van der Waals surface area contributed by atoms with Crippen molar-refractivity contribution in [3.05, 3.63) is 6.33 Å². The largest absolute Gasteiger partial charge is 0.393 e. The lowest BCUT2D eigenvalue weighted by atomic mass is 9.95. The Morgan fingerprint density at radius 1 is 1.17 bits per heavy atom. The Labute approximate surface area is 108 Å². The molecule has 2 rings (SSSR count). The second-order valence-electron chi connectivity index (χ2n) is 4.97. The van der Waals surface area contributed by atoms with Crippen LogP contribution in [0, 0.1) is 0 Å². The Morgan fingerprint density at radius 2 is 1.83 bits per heavy atom. The van der Waals surface area contributed by atoms with E-state index in [1.54, 1.807) is 0 Å². The van der Waals surface area contributed by atoms with Gasteiger partial charge in [-0.15, -0.1) is 0 Å². The van der Waals surface area contributed by atoms with E-state index in [-0.39, 0.29) is 0 Å². The van der Waals surface area contributed by atoms with Crippen LogP contribution in [-0.2, 0) is 0 Å². The quantitative estimate of drug-likeness (QED) is 0.706. The fourth-order valence-electron chi connectivity index (χ4n) is 2.25. The Morgan fingerprint density at radius 3 is 2.50 bits per heavy atom. The van der Waals surface area contributed by atoms with E-state index in [4.69, 9.17) is 5.73 Å². The first-order valence-corrected chi connectivity index (χ1v) is 6.48. The van der Waals surface area contributed by atoms with Gasteiger partial charge in [-0.05, 0) is 12.8 Å². The molecule has 0 aromatic carbocycles. The molecule has 6 nitrogen and oxygen atoms in total. The van der Waals surface area contributed by atoms with Crippen molar-refractivity contribution in [2.24, 2.45) is 0 Å². The molecule has 1 fully saturated rings. The highest BCUT2D eigenvalue weighted by Crippen LogP contribution is 2.26. The number of aromatic nitrogens is 2. The summed E-state index contributed by atoms with van der Waals surface area (Å²) in [5, 5.41) is 5.24. The van der Waals surface area contributed by atoms with Crippen molar-refractivity contribution in [1.29, 1.82) is 0 Å². The van der Waals surface area contributed by atoms with E-state index in [0.29, 0.717) is 17.5 Å². The molecule has 1 heterocycles. The smallest absolute Gasteiger partial charge is 0.169 e. The van der Waals surface area contributed by atoms with Gasteiger partial charge < -0.3 is 16.5 Å². The molecule has 18 heavy (non-hydrogen) atoms. The van der Waals surface area contributed by atoms with Crippen molar-refractivity contribution in [3.8, 4) is 0 Å². The van der Waals surface area contributed by atoms with Crippen LogP contribution in [0.3, 0.4) is 0 Å². The van der Waals surface area contributed by atoms with Gasteiger partial charge in [0.15, 0.2) is 11.6 Å². The van der Waals surface area contributed by atoms with Crippen LogP contribution in [0.15, 0.2) is 6.33 Å². The van der Waals surface area contributed by atoms with Crippen LogP contribution in [0.25, 0.3) is 0 Å². The third kappa shape index (κ3) is 3.22. The molecule has 100 valence electrons. The van der Waals surface area contributed by atoms with E-state index in [0.717, 1.165) is 5.82 Å². The molecular weight excluding hydrogens is 228 g/mol. The van der Waals surface area contributed by atoms with Crippen LogP contribution in [-0.4, -0.2) is 35.1 Å². The summed E-state index contributed by atoms with van der Waals surface area (Å²) >= 11 is 0. The lowest BCUT2D eigenvalue weighted by Gasteiger charge is -2.24. The lowest BCUT2D eigenvalue weighted by molar-refractivity contribution is 0.462. The number of hydrogen-bond acceptors (Lipinski definition) is 6. The highest BCUT2D eigenvalue weighted by Gasteiger charge is 2.16. The van der Waals surface area contributed by atoms with E-state index in [2.05, 4.69) is 20.7 Å². The molecule has 1 aliphatic rings. The van der Waals surface area contributed by atoms with Gasteiger partial charge in [-0.2, -0.15) is 0 Å². The minimum absolute atomic E-state index is 0.489. The van der Waals surface area contributed by atoms with Crippen molar-refractivity contribution in [3.63, 3.8) is 0 Å². The maximum Gasteiger partial charge on any atom is 0.169 e. The monoisotopic (exact) mass is 250 g/mol. The molecule has 1 saturated carbocycles. The number of nitrogens with zero attached hydrogens (tertiary/aromatic N) is 3. The maximum atomic E-state index is 6.07.